The molecule has 0 bridgehead atoms. The van der Waals surface area contributed by atoms with Gasteiger partial charge in [0.15, 0.2) is 0 Å². The summed E-state index contributed by atoms with van der Waals surface area (Å²) in [7, 11) is -3.02. The van der Waals surface area contributed by atoms with Crippen molar-refractivity contribution in [1.29, 1.82) is 0 Å². The van der Waals surface area contributed by atoms with E-state index in [4.69, 9.17) is 0 Å². The maximum atomic E-state index is 12.2. The van der Waals surface area contributed by atoms with E-state index in [1.807, 2.05) is 30.3 Å². The van der Waals surface area contributed by atoms with Crippen LogP contribution < -0.4 is 10.6 Å². The largest absolute Gasteiger partial charge is 0.336 e. The fourth-order valence-corrected chi connectivity index (χ4v) is 3.09. The van der Waals surface area contributed by atoms with E-state index < -0.39 is 9.84 Å². The molecule has 2 amide bonds. The predicted octanol–water partition coefficient (Wildman–Crippen LogP) is 2.90. The van der Waals surface area contributed by atoms with Gasteiger partial charge in [0.2, 0.25) is 0 Å². The lowest BCUT2D eigenvalue weighted by Crippen LogP contribution is -2.45. The average Bonchev–Trinajstić information content (AvgIpc) is 2.41. The third-order valence-electron chi connectivity index (χ3n) is 3.57. The molecule has 1 rings (SSSR count). The van der Waals surface area contributed by atoms with Gasteiger partial charge in [0.25, 0.3) is 0 Å². The second-order valence-corrected chi connectivity index (χ2v) is 9.41. The Hall–Kier alpha value is -1.56. The number of rotatable bonds is 6. The molecule has 0 radical (unpaired) electrons. The number of amides is 2. The molecule has 0 aliphatic rings. The van der Waals surface area contributed by atoms with Crippen molar-refractivity contribution in [1.82, 2.24) is 10.6 Å². The first kappa shape index (κ1) is 19.5. The second kappa shape index (κ2) is 7.81. The summed E-state index contributed by atoms with van der Waals surface area (Å²) in [6.07, 6.45) is 1.60. The fraction of sp³-hybridized carbons (Fsp3) is 0.588. The summed E-state index contributed by atoms with van der Waals surface area (Å²) in [4.78, 5) is 12.2. The number of hydrogen-bond acceptors (Lipinski definition) is 3. The molecule has 0 spiro atoms. The molecule has 5 nitrogen and oxygen atoms in total. The van der Waals surface area contributed by atoms with Gasteiger partial charge in [-0.1, -0.05) is 51.1 Å². The normalized spacial score (nSPS) is 14.8. The van der Waals surface area contributed by atoms with Crippen LogP contribution in [0.3, 0.4) is 0 Å². The van der Waals surface area contributed by atoms with Crippen molar-refractivity contribution in [3.63, 3.8) is 0 Å². The molecule has 0 aliphatic carbocycles. The van der Waals surface area contributed by atoms with Crippen LogP contribution in [0.5, 0.6) is 0 Å². The van der Waals surface area contributed by atoms with E-state index in [1.54, 1.807) is 6.92 Å². The molecule has 0 heterocycles. The number of carbonyl (C=O) groups excluding carboxylic acids is 1. The third kappa shape index (κ3) is 7.50. The van der Waals surface area contributed by atoms with Crippen molar-refractivity contribution in [2.45, 2.75) is 46.2 Å². The number of urea groups is 1. The topological polar surface area (TPSA) is 75.3 Å². The Morgan fingerprint density at radius 1 is 1.13 bits per heavy atom. The highest BCUT2D eigenvalue weighted by molar-refractivity contribution is 7.90. The summed E-state index contributed by atoms with van der Waals surface area (Å²) < 4.78 is 22.4. The van der Waals surface area contributed by atoms with Gasteiger partial charge in [0.05, 0.1) is 11.8 Å². The lowest BCUT2D eigenvalue weighted by atomic mass is 9.82. The lowest BCUT2D eigenvalue weighted by molar-refractivity contribution is 0.215. The number of hydrogen-bond donors (Lipinski definition) is 2. The van der Waals surface area contributed by atoms with Crippen molar-refractivity contribution in [3.05, 3.63) is 35.9 Å². The average molecular weight is 340 g/mol. The van der Waals surface area contributed by atoms with Crippen LogP contribution in [0.1, 0.15) is 45.7 Å². The van der Waals surface area contributed by atoms with Crippen molar-refractivity contribution in [3.8, 4) is 0 Å². The van der Waals surface area contributed by atoms with Crippen molar-refractivity contribution in [2.75, 3.05) is 12.0 Å². The number of nitrogens with one attached hydrogen (secondary N) is 2. The van der Waals surface area contributed by atoms with Gasteiger partial charge in [-0.3, -0.25) is 0 Å². The van der Waals surface area contributed by atoms with Crippen molar-refractivity contribution < 1.29 is 13.2 Å². The summed E-state index contributed by atoms with van der Waals surface area (Å²) >= 11 is 0. The van der Waals surface area contributed by atoms with Gasteiger partial charge in [0, 0.05) is 12.3 Å². The third-order valence-corrected chi connectivity index (χ3v) is 4.55. The maximum Gasteiger partial charge on any atom is 0.315 e. The first-order chi connectivity index (χ1) is 10.5. The Labute approximate surface area is 139 Å². The highest BCUT2D eigenvalue weighted by Crippen LogP contribution is 2.32. The molecule has 2 atom stereocenters. The minimum Gasteiger partial charge on any atom is -0.336 e. The van der Waals surface area contributed by atoms with Crippen molar-refractivity contribution >= 4 is 15.9 Å². The summed E-state index contributed by atoms with van der Waals surface area (Å²) in [5, 5.41) is 5.81. The Morgan fingerprint density at radius 2 is 1.70 bits per heavy atom. The van der Waals surface area contributed by atoms with Crippen molar-refractivity contribution in [2.24, 2.45) is 5.41 Å². The molecule has 23 heavy (non-hydrogen) atoms. The number of sulfone groups is 1. The summed E-state index contributed by atoms with van der Waals surface area (Å²) in [5.41, 5.74) is 0.897. The van der Waals surface area contributed by atoms with Gasteiger partial charge in [-0.25, -0.2) is 13.2 Å². The molecule has 0 saturated heterocycles. The van der Waals surface area contributed by atoms with Crippen LogP contribution >= 0.6 is 0 Å². The van der Waals surface area contributed by atoms with Gasteiger partial charge in [-0.05, 0) is 24.3 Å². The van der Waals surface area contributed by atoms with Crippen LogP contribution in [0.4, 0.5) is 4.79 Å². The molecule has 0 aromatic heterocycles. The number of carbonyl (C=O) groups is 1. The molecule has 2 N–H and O–H groups in total. The van der Waals surface area contributed by atoms with E-state index in [-0.39, 0.29) is 29.3 Å². The lowest BCUT2D eigenvalue weighted by Gasteiger charge is -2.32. The SMILES string of the molecule is C[C@@H](CCS(C)(=O)=O)NC(=O)N[C@@H](c1ccccc1)C(C)(C)C. The van der Waals surface area contributed by atoms with E-state index in [1.165, 1.54) is 6.26 Å². The fourth-order valence-electron chi connectivity index (χ4n) is 2.30. The molecule has 130 valence electrons. The Morgan fingerprint density at radius 3 is 2.17 bits per heavy atom. The highest BCUT2D eigenvalue weighted by atomic mass is 32.2. The molecule has 0 unspecified atom stereocenters. The zero-order valence-electron chi connectivity index (χ0n) is 14.6. The van der Waals surface area contributed by atoms with E-state index in [2.05, 4.69) is 31.4 Å². The molecule has 6 heteroatoms. The molecule has 0 saturated carbocycles. The zero-order chi connectivity index (χ0) is 17.7. The Bertz CT molecular complexity index is 606. The van der Waals surface area contributed by atoms with Gasteiger partial charge >= 0.3 is 6.03 Å². The Balaban J connectivity index is 2.68. The van der Waals surface area contributed by atoms with Crippen LogP contribution in [0.15, 0.2) is 30.3 Å². The van der Waals surface area contributed by atoms with E-state index in [9.17, 15) is 13.2 Å². The molecule has 1 aromatic rings. The summed E-state index contributed by atoms with van der Waals surface area (Å²) in [6, 6.07) is 9.19. The van der Waals surface area contributed by atoms with E-state index >= 15 is 0 Å². The van der Waals surface area contributed by atoms with Crippen LogP contribution in [0.25, 0.3) is 0 Å². The van der Waals surface area contributed by atoms with Gasteiger partial charge in [-0.2, -0.15) is 0 Å². The minimum absolute atomic E-state index is 0.0653. The monoisotopic (exact) mass is 340 g/mol. The Kier molecular flexibility index (Phi) is 6.62. The summed E-state index contributed by atoms with van der Waals surface area (Å²) in [6.45, 7) is 8.01. The molecular weight excluding hydrogens is 312 g/mol. The molecular formula is C17H28N2O3S. The van der Waals surface area contributed by atoms with E-state index in [0.29, 0.717) is 6.42 Å². The number of benzene rings is 1. The maximum absolute atomic E-state index is 12.2. The molecule has 0 aliphatic heterocycles. The van der Waals surface area contributed by atoms with Crippen LogP contribution in [-0.2, 0) is 9.84 Å². The van der Waals surface area contributed by atoms with Crippen LogP contribution in [0.2, 0.25) is 0 Å². The first-order valence-electron chi connectivity index (χ1n) is 7.79. The zero-order valence-corrected chi connectivity index (χ0v) is 15.4. The molecule has 0 fully saturated rings. The predicted molar refractivity (Wildman–Crippen MR) is 94.1 cm³/mol. The van der Waals surface area contributed by atoms with E-state index in [0.717, 1.165) is 5.56 Å². The highest BCUT2D eigenvalue weighted by Gasteiger charge is 2.28. The van der Waals surface area contributed by atoms with Gasteiger partial charge in [-0.15, -0.1) is 0 Å². The quantitative estimate of drug-likeness (QED) is 0.836. The van der Waals surface area contributed by atoms with Gasteiger partial charge in [0.1, 0.15) is 9.84 Å². The van der Waals surface area contributed by atoms with Crippen LogP contribution in [-0.4, -0.2) is 32.5 Å². The second-order valence-electron chi connectivity index (χ2n) is 7.15. The van der Waals surface area contributed by atoms with Crippen LogP contribution in [0, 0.1) is 5.41 Å². The minimum atomic E-state index is -3.02. The standard InChI is InChI=1S/C17H28N2O3S/c1-13(11-12-23(5,21)22)18-16(20)19-15(17(2,3)4)14-9-7-6-8-10-14/h6-10,13,15H,11-12H2,1-5H3,(H2,18,19,20)/t13-,15-/m0/s1. The summed E-state index contributed by atoms with van der Waals surface area (Å²) in [5.74, 6) is 0.0653. The first-order valence-corrected chi connectivity index (χ1v) is 9.85. The molecule has 1 aromatic carbocycles. The van der Waals surface area contributed by atoms with Gasteiger partial charge < -0.3 is 10.6 Å². The smallest absolute Gasteiger partial charge is 0.315 e.